The minimum Gasteiger partial charge on any atom is -0.344 e. The summed E-state index contributed by atoms with van der Waals surface area (Å²) in [6.07, 6.45) is 0.597. The molecule has 1 atom stereocenters. The van der Waals surface area contributed by atoms with Gasteiger partial charge in [-0.25, -0.2) is 13.4 Å². The van der Waals surface area contributed by atoms with E-state index in [9.17, 15) is 13.2 Å². The Labute approximate surface area is 180 Å². The van der Waals surface area contributed by atoms with Gasteiger partial charge in [-0.1, -0.05) is 41.6 Å². The van der Waals surface area contributed by atoms with Gasteiger partial charge in [0.25, 0.3) is 0 Å². The van der Waals surface area contributed by atoms with Crippen LogP contribution in [0, 0.1) is 20.8 Å². The third kappa shape index (κ3) is 4.22. The maximum atomic E-state index is 12.8. The molecule has 1 aliphatic rings. The fourth-order valence-electron chi connectivity index (χ4n) is 3.96. The lowest BCUT2D eigenvalue weighted by molar-refractivity contribution is 0.102. The van der Waals surface area contributed by atoms with E-state index in [1.54, 1.807) is 0 Å². The third-order valence-corrected chi connectivity index (χ3v) is 8.08. The van der Waals surface area contributed by atoms with Crippen LogP contribution in [0.1, 0.15) is 39.8 Å². The molecule has 0 spiro atoms. The van der Waals surface area contributed by atoms with E-state index in [2.05, 4.69) is 15.2 Å². The van der Waals surface area contributed by atoms with Crippen molar-refractivity contribution >= 4 is 27.4 Å². The first-order valence-electron chi connectivity index (χ1n) is 9.78. The summed E-state index contributed by atoms with van der Waals surface area (Å²) in [5, 5.41) is 7.65. The van der Waals surface area contributed by atoms with Crippen LogP contribution in [0.3, 0.4) is 0 Å². The van der Waals surface area contributed by atoms with Gasteiger partial charge >= 0.3 is 0 Å². The molecule has 0 saturated carbocycles. The molecule has 1 aliphatic heterocycles. The summed E-state index contributed by atoms with van der Waals surface area (Å²) in [5.41, 5.74) is 4.50. The van der Waals surface area contributed by atoms with Gasteiger partial charge in [-0.05, 0) is 33.3 Å². The highest BCUT2D eigenvalue weighted by Gasteiger charge is 2.31. The lowest BCUT2D eigenvalue weighted by atomic mass is 10.1. The summed E-state index contributed by atoms with van der Waals surface area (Å²) in [6, 6.07) is 9.76. The molecule has 0 aliphatic carbocycles. The fraction of sp³-hybridized carbons (Fsp3) is 0.381. The van der Waals surface area contributed by atoms with Crippen molar-refractivity contribution in [1.82, 2.24) is 19.7 Å². The molecule has 0 bridgehead atoms. The molecule has 9 heteroatoms. The van der Waals surface area contributed by atoms with E-state index in [-0.39, 0.29) is 29.1 Å². The van der Waals surface area contributed by atoms with Crippen LogP contribution in [0.15, 0.2) is 35.5 Å². The number of aromatic amines is 1. The first-order chi connectivity index (χ1) is 14.2. The van der Waals surface area contributed by atoms with Crippen LogP contribution in [0.4, 0.5) is 0 Å². The Kier molecular flexibility index (Phi) is 5.59. The smallest absolute Gasteiger partial charge is 0.209 e. The maximum absolute atomic E-state index is 12.8. The van der Waals surface area contributed by atoms with Crippen molar-refractivity contribution in [3.05, 3.63) is 52.8 Å². The number of carbonyl (C=O) groups excluding carboxylic acids is 1. The Balaban J connectivity index is 1.45. The minimum atomic E-state index is -2.99. The average molecular weight is 445 g/mol. The largest absolute Gasteiger partial charge is 0.344 e. The highest BCUT2D eigenvalue weighted by Crippen LogP contribution is 2.30. The quantitative estimate of drug-likeness (QED) is 0.461. The van der Waals surface area contributed by atoms with Crippen LogP contribution in [0.25, 0.3) is 11.4 Å². The zero-order valence-corrected chi connectivity index (χ0v) is 18.8. The van der Waals surface area contributed by atoms with Crippen molar-refractivity contribution in [2.45, 2.75) is 38.4 Å². The van der Waals surface area contributed by atoms with Crippen molar-refractivity contribution in [3.63, 3.8) is 0 Å². The fourth-order valence-corrected chi connectivity index (χ4v) is 6.34. The van der Waals surface area contributed by atoms with Gasteiger partial charge < -0.3 is 4.57 Å². The molecule has 2 aromatic heterocycles. The number of Topliss-reactive ketones (excluding diaryl/α,β-unsaturated/α-hetero) is 1. The third-order valence-electron chi connectivity index (χ3n) is 5.48. The summed E-state index contributed by atoms with van der Waals surface area (Å²) >= 11 is 1.29. The second-order valence-electron chi connectivity index (χ2n) is 7.76. The Morgan fingerprint density at radius 3 is 2.63 bits per heavy atom. The lowest BCUT2D eigenvalue weighted by Gasteiger charge is -2.16. The minimum absolute atomic E-state index is 0.0121. The Bertz CT molecular complexity index is 1190. The first-order valence-corrected chi connectivity index (χ1v) is 12.6. The van der Waals surface area contributed by atoms with Crippen LogP contribution < -0.4 is 0 Å². The number of sulfone groups is 1. The molecule has 1 N–H and O–H groups in total. The number of aryl methyl sites for hydroxylation is 2. The molecule has 3 heterocycles. The molecule has 1 unspecified atom stereocenters. The lowest BCUT2D eigenvalue weighted by Crippen LogP contribution is -2.14. The Hall–Kier alpha value is -2.39. The van der Waals surface area contributed by atoms with Gasteiger partial charge in [-0.2, -0.15) is 0 Å². The number of H-pyrrole nitrogens is 1. The molecule has 1 saturated heterocycles. The zero-order chi connectivity index (χ0) is 21.5. The van der Waals surface area contributed by atoms with Crippen molar-refractivity contribution in [2.24, 2.45) is 0 Å². The molecule has 0 amide bonds. The van der Waals surface area contributed by atoms with Crippen LogP contribution >= 0.6 is 11.8 Å². The summed E-state index contributed by atoms with van der Waals surface area (Å²) in [7, 11) is -2.99. The summed E-state index contributed by atoms with van der Waals surface area (Å²) in [6.45, 7) is 5.84. The Morgan fingerprint density at radius 2 is 1.97 bits per heavy atom. The van der Waals surface area contributed by atoms with Crippen LogP contribution in [0.5, 0.6) is 0 Å². The topological polar surface area (TPSA) is 97.7 Å². The van der Waals surface area contributed by atoms with Gasteiger partial charge in [-0.15, -0.1) is 5.10 Å². The zero-order valence-electron chi connectivity index (χ0n) is 17.2. The normalized spacial score (nSPS) is 18.0. The second-order valence-corrected chi connectivity index (χ2v) is 10.9. The highest BCUT2D eigenvalue weighted by molar-refractivity contribution is 7.99. The van der Waals surface area contributed by atoms with Gasteiger partial charge in [0.15, 0.2) is 21.4 Å². The summed E-state index contributed by atoms with van der Waals surface area (Å²) < 4.78 is 25.7. The average Bonchev–Trinajstić information content (AvgIpc) is 3.38. The molecular formula is C21H24N4O3S2. The molecule has 1 aromatic carbocycles. The molecule has 158 valence electrons. The number of thioether (sulfide) groups is 1. The summed E-state index contributed by atoms with van der Waals surface area (Å²) in [5.74, 6) is 1.23. The number of aromatic nitrogens is 4. The SMILES string of the molecule is Cc1ccc(-c2nc(SCC(=O)c3cc(C)n(C4CCS(=O)(=O)C4)c3C)n[nH]2)cc1. The van der Waals surface area contributed by atoms with E-state index >= 15 is 0 Å². The number of nitrogens with one attached hydrogen (secondary N) is 1. The molecule has 0 radical (unpaired) electrons. The number of hydrogen-bond donors (Lipinski definition) is 1. The molecule has 1 fully saturated rings. The number of rotatable bonds is 6. The first kappa shape index (κ1) is 20.9. The van der Waals surface area contributed by atoms with Crippen molar-refractivity contribution in [1.29, 1.82) is 0 Å². The van der Waals surface area contributed by atoms with Gasteiger partial charge in [0, 0.05) is 28.6 Å². The van der Waals surface area contributed by atoms with E-state index in [1.807, 2.05) is 55.7 Å². The van der Waals surface area contributed by atoms with Crippen LogP contribution in [0.2, 0.25) is 0 Å². The predicted molar refractivity (Wildman–Crippen MR) is 118 cm³/mol. The van der Waals surface area contributed by atoms with E-state index in [0.29, 0.717) is 23.0 Å². The van der Waals surface area contributed by atoms with Gasteiger partial charge in [0.1, 0.15) is 0 Å². The molecule has 30 heavy (non-hydrogen) atoms. The standard InChI is InChI=1S/C21H24N4O3S2/c1-13-4-6-16(7-5-13)20-22-21(24-23-20)29-11-19(26)18-10-14(2)25(15(18)3)17-8-9-30(27,28)12-17/h4-7,10,17H,8-9,11-12H2,1-3H3,(H,22,23,24). The molecule has 4 rings (SSSR count). The highest BCUT2D eigenvalue weighted by atomic mass is 32.2. The van der Waals surface area contributed by atoms with E-state index in [4.69, 9.17) is 0 Å². The van der Waals surface area contributed by atoms with Crippen molar-refractivity contribution in [3.8, 4) is 11.4 Å². The number of hydrogen-bond acceptors (Lipinski definition) is 6. The van der Waals surface area contributed by atoms with Crippen molar-refractivity contribution in [2.75, 3.05) is 17.3 Å². The van der Waals surface area contributed by atoms with E-state index < -0.39 is 9.84 Å². The van der Waals surface area contributed by atoms with Crippen LogP contribution in [-0.4, -0.2) is 51.2 Å². The van der Waals surface area contributed by atoms with Crippen molar-refractivity contribution < 1.29 is 13.2 Å². The molecule has 7 nitrogen and oxygen atoms in total. The van der Waals surface area contributed by atoms with Gasteiger partial charge in [-0.3, -0.25) is 9.89 Å². The number of carbonyl (C=O) groups is 1. The van der Waals surface area contributed by atoms with Gasteiger partial charge in [0.2, 0.25) is 5.16 Å². The van der Waals surface area contributed by atoms with E-state index in [1.165, 1.54) is 17.3 Å². The predicted octanol–water partition coefficient (Wildman–Crippen LogP) is 3.53. The molecular weight excluding hydrogens is 420 g/mol. The monoisotopic (exact) mass is 444 g/mol. The second kappa shape index (κ2) is 8.03. The summed E-state index contributed by atoms with van der Waals surface area (Å²) in [4.78, 5) is 17.3. The Morgan fingerprint density at radius 1 is 1.23 bits per heavy atom. The number of nitrogens with zero attached hydrogens (tertiary/aromatic N) is 3. The van der Waals surface area contributed by atoms with E-state index in [0.717, 1.165) is 17.0 Å². The van der Waals surface area contributed by atoms with Gasteiger partial charge in [0.05, 0.1) is 17.3 Å². The molecule has 3 aromatic rings. The number of benzene rings is 1. The van der Waals surface area contributed by atoms with Crippen LogP contribution in [-0.2, 0) is 9.84 Å². The number of ketones is 1. The maximum Gasteiger partial charge on any atom is 0.209 e.